The molecule has 1 saturated heterocycles. The van der Waals surface area contributed by atoms with Gasteiger partial charge in [-0.3, -0.25) is 9.59 Å². The van der Waals surface area contributed by atoms with E-state index in [1.807, 2.05) is 31.3 Å². The second-order valence-corrected chi connectivity index (χ2v) is 5.55. The van der Waals surface area contributed by atoms with Crippen molar-refractivity contribution in [2.75, 3.05) is 33.2 Å². The van der Waals surface area contributed by atoms with Gasteiger partial charge in [0.15, 0.2) is 0 Å². The minimum atomic E-state index is -0.00555. The van der Waals surface area contributed by atoms with E-state index < -0.39 is 0 Å². The van der Waals surface area contributed by atoms with Crippen molar-refractivity contribution in [3.05, 3.63) is 34.9 Å². The predicted molar refractivity (Wildman–Crippen MR) is 89.2 cm³/mol. The van der Waals surface area contributed by atoms with Crippen LogP contribution in [0.1, 0.15) is 12.0 Å². The van der Waals surface area contributed by atoms with E-state index in [0.29, 0.717) is 37.6 Å². The van der Waals surface area contributed by atoms with Crippen LogP contribution >= 0.6 is 24.0 Å². The molecule has 5 nitrogen and oxygen atoms in total. The van der Waals surface area contributed by atoms with Crippen LogP contribution in [0.15, 0.2) is 24.3 Å². The van der Waals surface area contributed by atoms with E-state index in [1.54, 1.807) is 9.80 Å². The number of rotatable bonds is 5. The van der Waals surface area contributed by atoms with Crippen LogP contribution in [-0.2, 0) is 16.1 Å². The molecule has 7 heteroatoms. The average molecular weight is 346 g/mol. The summed E-state index contributed by atoms with van der Waals surface area (Å²) in [7, 11) is 1.81. The van der Waals surface area contributed by atoms with Crippen LogP contribution in [-0.4, -0.2) is 54.8 Å². The van der Waals surface area contributed by atoms with E-state index in [1.165, 1.54) is 0 Å². The summed E-state index contributed by atoms with van der Waals surface area (Å²) in [6.45, 7) is 2.55. The lowest BCUT2D eigenvalue weighted by atomic mass is 10.2. The molecule has 1 N–H and O–H groups in total. The Kier molecular flexibility index (Phi) is 7.65. The van der Waals surface area contributed by atoms with E-state index in [4.69, 9.17) is 11.6 Å². The van der Waals surface area contributed by atoms with Crippen LogP contribution in [0.3, 0.4) is 0 Å². The summed E-state index contributed by atoms with van der Waals surface area (Å²) in [5, 5.41) is 3.63. The number of amides is 2. The van der Waals surface area contributed by atoms with E-state index >= 15 is 0 Å². The van der Waals surface area contributed by atoms with E-state index in [2.05, 4.69) is 5.32 Å². The highest BCUT2D eigenvalue weighted by Gasteiger charge is 2.26. The summed E-state index contributed by atoms with van der Waals surface area (Å²) in [5.74, 6) is 0.0258. The fourth-order valence-corrected chi connectivity index (χ4v) is 2.41. The van der Waals surface area contributed by atoms with Crippen molar-refractivity contribution >= 4 is 35.8 Å². The van der Waals surface area contributed by atoms with Crippen LogP contribution in [0.5, 0.6) is 0 Å². The lowest BCUT2D eigenvalue weighted by Gasteiger charge is -2.34. The molecule has 22 heavy (non-hydrogen) atoms. The van der Waals surface area contributed by atoms with Gasteiger partial charge in [-0.1, -0.05) is 23.7 Å². The molecule has 1 aliphatic heterocycles. The predicted octanol–water partition coefficient (Wildman–Crippen LogP) is 1.54. The quantitative estimate of drug-likeness (QED) is 0.880. The topological polar surface area (TPSA) is 52.7 Å². The van der Waals surface area contributed by atoms with Crippen LogP contribution in [0.2, 0.25) is 5.02 Å². The molecule has 0 atom stereocenters. The molecule has 0 radical (unpaired) electrons. The first-order chi connectivity index (χ1) is 10.1. The highest BCUT2D eigenvalue weighted by molar-refractivity contribution is 6.30. The highest BCUT2D eigenvalue weighted by atomic mass is 35.5. The summed E-state index contributed by atoms with van der Waals surface area (Å²) in [6, 6.07) is 7.47. The van der Waals surface area contributed by atoms with Gasteiger partial charge in [0.2, 0.25) is 11.8 Å². The molecule has 0 aromatic heterocycles. The van der Waals surface area contributed by atoms with Crippen LogP contribution in [0, 0.1) is 0 Å². The van der Waals surface area contributed by atoms with Gasteiger partial charge in [-0.15, -0.1) is 12.4 Å². The maximum absolute atomic E-state index is 12.1. The number of nitrogens with zero attached hydrogens (tertiary/aromatic N) is 2. The largest absolute Gasteiger partial charge is 0.335 e. The number of benzene rings is 1. The smallest absolute Gasteiger partial charge is 0.242 e. The van der Waals surface area contributed by atoms with Crippen LogP contribution in [0.4, 0.5) is 0 Å². The van der Waals surface area contributed by atoms with Gasteiger partial charge in [-0.25, -0.2) is 0 Å². The van der Waals surface area contributed by atoms with Crippen LogP contribution < -0.4 is 5.32 Å². The van der Waals surface area contributed by atoms with E-state index in [0.717, 1.165) is 5.56 Å². The SMILES string of the molecule is CNCCC(=O)N1CCN(Cc2ccc(Cl)cc2)C(=O)C1.Cl. The number of hydrogen-bond acceptors (Lipinski definition) is 3. The molecular formula is C15H21Cl2N3O2. The minimum Gasteiger partial charge on any atom is -0.335 e. The standard InChI is InChI=1S/C15H20ClN3O2.ClH/c1-17-7-6-14(20)19-9-8-18(15(21)11-19)10-12-2-4-13(16)5-3-12;/h2-5,17H,6-11H2,1H3;1H. The first-order valence-corrected chi connectivity index (χ1v) is 7.42. The van der Waals surface area contributed by atoms with Gasteiger partial charge in [0.25, 0.3) is 0 Å². The lowest BCUT2D eigenvalue weighted by Crippen LogP contribution is -2.52. The fraction of sp³-hybridized carbons (Fsp3) is 0.467. The van der Waals surface area contributed by atoms with Crippen molar-refractivity contribution in [3.8, 4) is 0 Å². The van der Waals surface area contributed by atoms with Gasteiger partial charge in [-0.05, 0) is 24.7 Å². The van der Waals surface area contributed by atoms with E-state index in [9.17, 15) is 9.59 Å². The molecule has 0 spiro atoms. The van der Waals surface area contributed by atoms with Gasteiger partial charge in [0, 0.05) is 37.6 Å². The third-order valence-corrected chi connectivity index (χ3v) is 3.80. The van der Waals surface area contributed by atoms with Gasteiger partial charge >= 0.3 is 0 Å². The number of carbonyl (C=O) groups excluding carboxylic acids is 2. The Labute approximate surface area is 142 Å². The summed E-state index contributed by atoms with van der Waals surface area (Å²) in [6.07, 6.45) is 0.432. The first kappa shape index (κ1) is 18.7. The van der Waals surface area contributed by atoms with Crippen LogP contribution in [0.25, 0.3) is 0 Å². The molecule has 0 bridgehead atoms. The zero-order valence-corrected chi connectivity index (χ0v) is 14.1. The fourth-order valence-electron chi connectivity index (χ4n) is 2.29. The molecule has 1 heterocycles. The number of hydrogen-bond donors (Lipinski definition) is 1. The number of nitrogens with one attached hydrogen (secondary N) is 1. The molecule has 1 fully saturated rings. The average Bonchev–Trinajstić information content (AvgIpc) is 2.49. The summed E-state index contributed by atoms with van der Waals surface area (Å²) >= 11 is 5.85. The number of halogens is 2. The zero-order valence-electron chi connectivity index (χ0n) is 12.5. The Morgan fingerprint density at radius 1 is 1.27 bits per heavy atom. The Bertz CT molecular complexity index is 508. The Morgan fingerprint density at radius 2 is 1.95 bits per heavy atom. The number of carbonyl (C=O) groups is 2. The highest BCUT2D eigenvalue weighted by Crippen LogP contribution is 2.13. The molecule has 0 unspecified atom stereocenters. The monoisotopic (exact) mass is 345 g/mol. The van der Waals surface area contributed by atoms with Crippen molar-refractivity contribution in [2.24, 2.45) is 0 Å². The normalized spacial score (nSPS) is 14.7. The third kappa shape index (κ3) is 5.16. The summed E-state index contributed by atoms with van der Waals surface area (Å²) < 4.78 is 0. The molecular weight excluding hydrogens is 325 g/mol. The maximum atomic E-state index is 12.1. The Morgan fingerprint density at radius 3 is 2.55 bits per heavy atom. The van der Waals surface area contributed by atoms with Crippen molar-refractivity contribution in [1.29, 1.82) is 0 Å². The van der Waals surface area contributed by atoms with Gasteiger partial charge in [-0.2, -0.15) is 0 Å². The minimum absolute atomic E-state index is 0. The zero-order chi connectivity index (χ0) is 15.2. The van der Waals surface area contributed by atoms with Crippen molar-refractivity contribution in [3.63, 3.8) is 0 Å². The van der Waals surface area contributed by atoms with Gasteiger partial charge < -0.3 is 15.1 Å². The molecule has 0 saturated carbocycles. The lowest BCUT2D eigenvalue weighted by molar-refractivity contribution is -0.145. The molecule has 0 aliphatic carbocycles. The second-order valence-electron chi connectivity index (χ2n) is 5.11. The second kappa shape index (κ2) is 8.98. The third-order valence-electron chi connectivity index (χ3n) is 3.55. The van der Waals surface area contributed by atoms with Gasteiger partial charge in [0.1, 0.15) is 0 Å². The molecule has 1 aromatic carbocycles. The molecule has 1 aromatic rings. The van der Waals surface area contributed by atoms with Gasteiger partial charge in [0.05, 0.1) is 6.54 Å². The summed E-state index contributed by atoms with van der Waals surface area (Å²) in [5.41, 5.74) is 1.04. The van der Waals surface area contributed by atoms with E-state index in [-0.39, 0.29) is 30.8 Å². The van der Waals surface area contributed by atoms with Crippen molar-refractivity contribution in [1.82, 2.24) is 15.1 Å². The number of piperazine rings is 1. The van der Waals surface area contributed by atoms with Crippen molar-refractivity contribution < 1.29 is 9.59 Å². The Hall–Kier alpha value is -1.30. The molecule has 2 amide bonds. The first-order valence-electron chi connectivity index (χ1n) is 7.04. The maximum Gasteiger partial charge on any atom is 0.242 e. The van der Waals surface area contributed by atoms with Crippen molar-refractivity contribution in [2.45, 2.75) is 13.0 Å². The molecule has 2 rings (SSSR count). The summed E-state index contributed by atoms with van der Waals surface area (Å²) in [4.78, 5) is 27.5. The molecule has 122 valence electrons. The molecule has 1 aliphatic rings. The Balaban J connectivity index is 0.00000242.